The maximum absolute atomic E-state index is 14.6. The van der Waals surface area contributed by atoms with Crippen LogP contribution >= 0.6 is 0 Å². The number of benzene rings is 3. The smallest absolute Gasteiger partial charge is 0.257 e. The molecule has 0 bridgehead atoms. The third kappa shape index (κ3) is 4.49. The first-order valence-electron chi connectivity index (χ1n) is 8.52. The van der Waals surface area contributed by atoms with Crippen LogP contribution in [0.3, 0.4) is 0 Å². The van der Waals surface area contributed by atoms with E-state index in [4.69, 9.17) is 4.74 Å². The van der Waals surface area contributed by atoms with E-state index < -0.39 is 45.0 Å². The molecule has 3 aromatic rings. The molecule has 0 fully saturated rings. The van der Waals surface area contributed by atoms with Crippen LogP contribution in [-0.2, 0) is 24.5 Å². The van der Waals surface area contributed by atoms with Gasteiger partial charge < -0.3 is 9.29 Å². The molecule has 0 spiro atoms. The minimum Gasteiger partial charge on any atom is -0.593 e. The molecule has 0 amide bonds. The molecule has 0 saturated heterocycles. The molecule has 3 aromatic carbocycles. The highest BCUT2D eigenvalue weighted by Gasteiger charge is 2.33. The number of halogens is 3. The molecule has 1 N–H and O–H groups in total. The average Bonchev–Trinajstić information content (AvgIpc) is 2.73. The zero-order valence-corrected chi connectivity index (χ0v) is 15.9. The monoisotopic (exact) mass is 405 g/mol. The Morgan fingerprint density at radius 2 is 1.43 bits per heavy atom. The van der Waals surface area contributed by atoms with E-state index in [0.29, 0.717) is 5.56 Å². The quantitative estimate of drug-likeness (QED) is 0.454. The van der Waals surface area contributed by atoms with Crippen molar-refractivity contribution in [2.45, 2.75) is 25.0 Å². The third-order valence-electron chi connectivity index (χ3n) is 4.12. The van der Waals surface area contributed by atoms with Crippen LogP contribution in [0.2, 0.25) is 0 Å². The van der Waals surface area contributed by atoms with Crippen molar-refractivity contribution in [1.29, 1.82) is 0 Å². The zero-order valence-electron chi connectivity index (χ0n) is 15.0. The van der Waals surface area contributed by atoms with Gasteiger partial charge in [0.05, 0.1) is 17.9 Å². The molecule has 0 radical (unpaired) electrons. The van der Waals surface area contributed by atoms with Gasteiger partial charge in [-0.2, -0.15) is 4.39 Å². The van der Waals surface area contributed by atoms with Gasteiger partial charge in [-0.3, -0.25) is 0 Å². The number of nitrogens with one attached hydrogen (secondary N) is 1. The molecule has 0 aromatic heterocycles. The molecule has 3 nitrogen and oxygen atoms in total. The molecule has 0 saturated carbocycles. The van der Waals surface area contributed by atoms with Gasteiger partial charge in [-0.05, 0) is 18.1 Å². The molecule has 146 valence electrons. The lowest BCUT2D eigenvalue weighted by Gasteiger charge is -2.17. The van der Waals surface area contributed by atoms with Crippen molar-refractivity contribution in [3.8, 4) is 5.75 Å². The summed E-state index contributed by atoms with van der Waals surface area (Å²) in [6, 6.07) is 17.8. The predicted octanol–water partition coefficient (Wildman–Crippen LogP) is 4.80. The second kappa shape index (κ2) is 9.14. The van der Waals surface area contributed by atoms with Crippen LogP contribution in [0.15, 0.2) is 65.6 Å². The Morgan fingerprint density at radius 1 is 0.857 bits per heavy atom. The maximum atomic E-state index is 14.6. The molecule has 0 aliphatic heterocycles. The van der Waals surface area contributed by atoms with Gasteiger partial charge in [0.25, 0.3) is 4.90 Å². The number of hydrogen-bond donors (Lipinski definition) is 1. The van der Waals surface area contributed by atoms with Crippen LogP contribution in [0, 0.1) is 24.4 Å². The normalized spacial score (nSPS) is 12.0. The van der Waals surface area contributed by atoms with Gasteiger partial charge in [0.15, 0.2) is 11.6 Å². The Hall–Kier alpha value is -2.48. The number of hydrogen-bond acceptors (Lipinski definition) is 3. The average molecular weight is 405 g/mol. The Kier molecular flexibility index (Phi) is 6.61. The second-order valence-electron chi connectivity index (χ2n) is 6.07. The Labute approximate surface area is 164 Å². The minimum absolute atomic E-state index is 0.0782. The highest BCUT2D eigenvalue weighted by Crippen LogP contribution is 2.35. The Balaban J connectivity index is 1.89. The minimum atomic E-state index is -2.22. The summed E-state index contributed by atoms with van der Waals surface area (Å²) in [5, 5.41) is 0. The van der Waals surface area contributed by atoms with E-state index in [0.717, 1.165) is 12.5 Å². The Bertz CT molecular complexity index is 940. The summed E-state index contributed by atoms with van der Waals surface area (Å²) in [4.78, 5) is -0.674. The fourth-order valence-electron chi connectivity index (χ4n) is 2.57. The van der Waals surface area contributed by atoms with Crippen LogP contribution in [0.25, 0.3) is 0 Å². The van der Waals surface area contributed by atoms with Gasteiger partial charge in [-0.15, -0.1) is 4.72 Å². The van der Waals surface area contributed by atoms with E-state index in [-0.39, 0.29) is 13.2 Å². The second-order valence-corrected chi connectivity index (χ2v) is 7.31. The molecular weight excluding hydrogens is 387 g/mol. The molecule has 3 rings (SSSR count). The lowest BCUT2D eigenvalue weighted by atomic mass is 10.2. The molecule has 0 aliphatic carbocycles. The lowest BCUT2D eigenvalue weighted by molar-refractivity contribution is 0.273. The van der Waals surface area contributed by atoms with E-state index in [1.165, 1.54) is 0 Å². The van der Waals surface area contributed by atoms with Gasteiger partial charge in [0.2, 0.25) is 11.6 Å². The van der Waals surface area contributed by atoms with Crippen LogP contribution in [-0.4, -0.2) is 4.55 Å². The van der Waals surface area contributed by atoms with E-state index in [1.807, 2.05) is 6.07 Å². The molecule has 0 heterocycles. The maximum Gasteiger partial charge on any atom is 0.257 e. The summed E-state index contributed by atoms with van der Waals surface area (Å²) in [6.07, 6.45) is 0. The van der Waals surface area contributed by atoms with Crippen LogP contribution in [0.1, 0.15) is 16.7 Å². The fourth-order valence-corrected chi connectivity index (χ4v) is 3.58. The Morgan fingerprint density at radius 3 is 2.04 bits per heavy atom. The fraction of sp³-hybridized carbons (Fsp3) is 0.143. The van der Waals surface area contributed by atoms with Crippen molar-refractivity contribution in [2.75, 3.05) is 0 Å². The molecular formula is C21H18F3NO2S. The highest BCUT2D eigenvalue weighted by atomic mass is 32.2. The summed E-state index contributed by atoms with van der Waals surface area (Å²) >= 11 is -2.22. The first-order chi connectivity index (χ1) is 13.5. The summed E-state index contributed by atoms with van der Waals surface area (Å²) in [7, 11) is 0. The number of rotatable bonds is 7. The first kappa shape index (κ1) is 20.3. The van der Waals surface area contributed by atoms with Crippen molar-refractivity contribution >= 4 is 11.4 Å². The van der Waals surface area contributed by atoms with Gasteiger partial charge in [-0.25, -0.2) is 8.78 Å². The lowest BCUT2D eigenvalue weighted by Crippen LogP contribution is -2.26. The summed E-state index contributed by atoms with van der Waals surface area (Å²) in [5.74, 6) is -4.39. The van der Waals surface area contributed by atoms with Crippen molar-refractivity contribution in [3.05, 3.63) is 94.8 Å². The topological polar surface area (TPSA) is 44.3 Å². The van der Waals surface area contributed by atoms with Gasteiger partial charge in [-0.1, -0.05) is 60.7 Å². The van der Waals surface area contributed by atoms with E-state index >= 15 is 0 Å². The van der Waals surface area contributed by atoms with Gasteiger partial charge in [0, 0.05) is 5.56 Å². The molecule has 1 unspecified atom stereocenters. The zero-order chi connectivity index (χ0) is 20.1. The van der Waals surface area contributed by atoms with Crippen molar-refractivity contribution in [1.82, 2.24) is 4.72 Å². The van der Waals surface area contributed by atoms with Gasteiger partial charge in [0.1, 0.15) is 6.61 Å². The van der Waals surface area contributed by atoms with Crippen molar-refractivity contribution in [3.63, 3.8) is 0 Å². The van der Waals surface area contributed by atoms with E-state index in [2.05, 4.69) is 4.72 Å². The standard InChI is InChI=1S/C21H18F3NO2S/c1-14-17(22)19(24)21(28(26)25-12-15-8-4-2-5-9-15)20(18(14)23)27-13-16-10-6-3-7-11-16/h2-11,25H,12-13H2,1H3. The first-order valence-corrected chi connectivity index (χ1v) is 9.67. The molecule has 0 aliphatic rings. The van der Waals surface area contributed by atoms with Crippen LogP contribution in [0.5, 0.6) is 5.75 Å². The molecule has 7 heteroatoms. The van der Waals surface area contributed by atoms with Crippen molar-refractivity contribution in [2.24, 2.45) is 0 Å². The number of ether oxygens (including phenoxy) is 1. The molecule has 1 atom stereocenters. The third-order valence-corrected chi connectivity index (χ3v) is 5.26. The summed E-state index contributed by atoms with van der Waals surface area (Å²) in [6.45, 7) is 1.15. The molecule has 28 heavy (non-hydrogen) atoms. The summed E-state index contributed by atoms with van der Waals surface area (Å²) in [5.41, 5.74) is 0.971. The summed E-state index contributed by atoms with van der Waals surface area (Å²) < 4.78 is 63.9. The van der Waals surface area contributed by atoms with Crippen LogP contribution in [0.4, 0.5) is 13.2 Å². The van der Waals surface area contributed by atoms with Crippen molar-refractivity contribution < 1.29 is 22.5 Å². The van der Waals surface area contributed by atoms with Crippen LogP contribution < -0.4 is 9.46 Å². The highest BCUT2D eigenvalue weighted by molar-refractivity contribution is 7.89. The largest absolute Gasteiger partial charge is 0.593 e. The predicted molar refractivity (Wildman–Crippen MR) is 102 cm³/mol. The SMILES string of the molecule is Cc1c(F)c(F)c([S+]([O-])NCc2ccccc2)c(OCc2ccccc2)c1F. The van der Waals surface area contributed by atoms with E-state index in [9.17, 15) is 17.7 Å². The van der Waals surface area contributed by atoms with E-state index in [1.54, 1.807) is 54.6 Å². The van der Waals surface area contributed by atoms with Gasteiger partial charge >= 0.3 is 0 Å².